The van der Waals surface area contributed by atoms with E-state index in [4.69, 9.17) is 5.73 Å². The lowest BCUT2D eigenvalue weighted by atomic mass is 10.0. The zero-order chi connectivity index (χ0) is 49.6. The molecule has 15 N–H and O–H groups in total. The van der Waals surface area contributed by atoms with Crippen molar-refractivity contribution in [1.29, 1.82) is 0 Å². The van der Waals surface area contributed by atoms with Crippen molar-refractivity contribution in [2.75, 3.05) is 26.3 Å². The summed E-state index contributed by atoms with van der Waals surface area (Å²) < 4.78 is 0. The number of phenolic OH excluding ortho intramolecular Hbond substituents is 2. The molecule has 0 saturated carbocycles. The number of carbonyl (C=O) groups is 8. The number of aromatic hydroxyl groups is 2. The molecular weight excluding hydrogens is 887 g/mol. The third kappa shape index (κ3) is 17.8. The van der Waals surface area contributed by atoms with Gasteiger partial charge in [-0.05, 0) is 59.4 Å². The highest BCUT2D eigenvalue weighted by Gasteiger charge is 2.29. The summed E-state index contributed by atoms with van der Waals surface area (Å²) in [4.78, 5) is 104. The smallest absolute Gasteiger partial charge is 0.326 e. The molecule has 0 spiro atoms. The number of hydrogen-bond donors (Lipinski definition) is 14. The molecule has 22 nitrogen and oxygen atoms in total. The Morgan fingerprint density at radius 1 is 0.441 bits per heavy atom. The van der Waals surface area contributed by atoms with Crippen LogP contribution in [-0.4, -0.2) is 135 Å². The number of rotatable bonds is 26. The highest BCUT2D eigenvalue weighted by Crippen LogP contribution is 2.13. The van der Waals surface area contributed by atoms with Gasteiger partial charge in [-0.2, -0.15) is 0 Å². The molecule has 0 aliphatic rings. The average molecular weight is 942 g/mol. The number of carboxylic acids is 1. The molecule has 0 saturated heterocycles. The molecule has 0 bridgehead atoms. The Labute approximate surface area is 390 Å². The van der Waals surface area contributed by atoms with Crippen molar-refractivity contribution in [2.24, 2.45) is 5.73 Å². The molecule has 68 heavy (non-hydrogen) atoms. The SMILES string of the molecule is N[C@@H](Cc1ccc(O)cc1)C(=O)N[C@H](CO)C(=O)NCC(=O)N[C@@H](Cc1ccccc1)C(=O)NN[C@@H](Cc1ccccc1)C(=O)NCC(=O)N[C@H](CO)C(=O)N[C@@H](Cc1ccc(O)cc1)C(=O)O. The summed E-state index contributed by atoms with van der Waals surface area (Å²) >= 11 is 0. The fourth-order valence-electron chi connectivity index (χ4n) is 6.42. The van der Waals surface area contributed by atoms with Gasteiger partial charge in [-0.25, -0.2) is 10.2 Å². The Kier molecular flexibility index (Phi) is 20.8. The first kappa shape index (κ1) is 52.7. The lowest BCUT2D eigenvalue weighted by molar-refractivity contribution is -0.142. The number of nitrogens with one attached hydrogen (secondary N) is 8. The highest BCUT2D eigenvalue weighted by atomic mass is 16.4. The molecule has 0 unspecified atom stereocenters. The van der Waals surface area contributed by atoms with Gasteiger partial charge >= 0.3 is 5.97 Å². The number of phenols is 2. The normalized spacial score (nSPS) is 13.5. The standard InChI is InChI=1S/C46H55N9O13/c47-33(19-29-11-15-31(58)16-12-29)41(62)53-37(25-56)43(64)49-23-39(60)50-34(20-27-7-3-1-4-8-27)45(66)55-54-35(21-28-9-5-2-6-10-28)42(63)48-24-40(61)51-38(26-57)44(65)52-36(46(67)68)22-30-13-17-32(59)18-14-30/h1-18,33-38,54,56-59H,19-26,47H2,(H,48,63)(H,49,64)(H,50,60)(H,51,61)(H,52,65)(H,53,62)(H,55,66)(H,67,68)/t33-,34-,35-,36-,37+,38+/m0/s1. The van der Waals surface area contributed by atoms with Gasteiger partial charge in [0.2, 0.25) is 35.4 Å². The van der Waals surface area contributed by atoms with Crippen molar-refractivity contribution < 1.29 is 63.9 Å². The Morgan fingerprint density at radius 2 is 0.838 bits per heavy atom. The first-order valence-electron chi connectivity index (χ1n) is 21.2. The molecule has 4 rings (SSSR count). The molecule has 0 aromatic heterocycles. The number of aliphatic carboxylic acids is 1. The van der Waals surface area contributed by atoms with Crippen LogP contribution in [0.2, 0.25) is 0 Å². The fraction of sp³-hybridized carbons (Fsp3) is 0.304. The number of nitrogens with two attached hydrogens (primary N) is 1. The van der Waals surface area contributed by atoms with E-state index in [0.29, 0.717) is 22.3 Å². The van der Waals surface area contributed by atoms with Crippen LogP contribution in [-0.2, 0) is 64.0 Å². The minimum atomic E-state index is -1.60. The van der Waals surface area contributed by atoms with E-state index in [0.717, 1.165) is 0 Å². The maximum atomic E-state index is 13.7. The van der Waals surface area contributed by atoms with Crippen LogP contribution >= 0.6 is 0 Å². The molecule has 0 fully saturated rings. The summed E-state index contributed by atoms with van der Waals surface area (Å²) in [6.45, 7) is -3.16. The highest BCUT2D eigenvalue weighted by molar-refractivity contribution is 5.94. The summed E-state index contributed by atoms with van der Waals surface area (Å²) in [6.07, 6.45) is -0.203. The van der Waals surface area contributed by atoms with Gasteiger partial charge in [0.1, 0.15) is 41.7 Å². The number of hydrazine groups is 1. The molecular formula is C46H55N9O13. The molecule has 4 aromatic carbocycles. The van der Waals surface area contributed by atoms with E-state index in [1.165, 1.54) is 36.4 Å². The number of amides is 7. The quantitative estimate of drug-likeness (QED) is 0.0278. The molecule has 4 aromatic rings. The molecule has 0 heterocycles. The van der Waals surface area contributed by atoms with Crippen molar-refractivity contribution in [2.45, 2.75) is 61.9 Å². The van der Waals surface area contributed by atoms with Crippen LogP contribution < -0.4 is 48.5 Å². The van der Waals surface area contributed by atoms with Crippen molar-refractivity contribution in [3.05, 3.63) is 131 Å². The molecule has 0 aliphatic heterocycles. The van der Waals surface area contributed by atoms with Crippen LogP contribution in [0.5, 0.6) is 11.5 Å². The average Bonchev–Trinajstić information content (AvgIpc) is 3.33. The lowest BCUT2D eigenvalue weighted by Crippen LogP contribution is -2.59. The Morgan fingerprint density at radius 3 is 1.32 bits per heavy atom. The number of carboxylic acid groups (broad SMARTS) is 1. The topological polar surface area (TPSA) is 360 Å². The number of carbonyl (C=O) groups excluding carboxylic acids is 7. The predicted octanol–water partition coefficient (Wildman–Crippen LogP) is -3.07. The second-order valence-electron chi connectivity index (χ2n) is 15.4. The zero-order valence-corrected chi connectivity index (χ0v) is 36.6. The Bertz CT molecular complexity index is 2320. The Hall–Kier alpha value is -7.92. The van der Waals surface area contributed by atoms with E-state index in [1.54, 1.807) is 72.8 Å². The minimum Gasteiger partial charge on any atom is -0.508 e. The van der Waals surface area contributed by atoms with E-state index in [9.17, 15) is 63.9 Å². The van der Waals surface area contributed by atoms with Crippen molar-refractivity contribution in [3.8, 4) is 11.5 Å². The number of hydrogen-bond acceptors (Lipinski definition) is 14. The van der Waals surface area contributed by atoms with Gasteiger partial charge in [0.05, 0.1) is 32.3 Å². The maximum Gasteiger partial charge on any atom is 0.326 e. The molecule has 0 aliphatic carbocycles. The van der Waals surface area contributed by atoms with Crippen LogP contribution in [0.3, 0.4) is 0 Å². The van der Waals surface area contributed by atoms with Crippen LogP contribution in [0.15, 0.2) is 109 Å². The second kappa shape index (κ2) is 26.9. The van der Waals surface area contributed by atoms with Gasteiger partial charge in [0.15, 0.2) is 0 Å². The van der Waals surface area contributed by atoms with Gasteiger partial charge in [-0.15, -0.1) is 0 Å². The van der Waals surface area contributed by atoms with E-state index in [-0.39, 0.29) is 37.2 Å². The zero-order valence-electron chi connectivity index (χ0n) is 36.6. The largest absolute Gasteiger partial charge is 0.508 e. The number of aliphatic hydroxyl groups is 2. The van der Waals surface area contributed by atoms with Crippen LogP contribution in [0.4, 0.5) is 0 Å². The summed E-state index contributed by atoms with van der Waals surface area (Å²) in [5.74, 6) is -7.52. The third-order valence-electron chi connectivity index (χ3n) is 10.1. The van der Waals surface area contributed by atoms with Crippen LogP contribution in [0, 0.1) is 0 Å². The molecule has 0 radical (unpaired) electrons. The molecule has 362 valence electrons. The minimum absolute atomic E-state index is 0.0217. The van der Waals surface area contributed by atoms with Crippen molar-refractivity contribution >= 4 is 47.3 Å². The van der Waals surface area contributed by atoms with Gasteiger partial charge < -0.3 is 63.2 Å². The summed E-state index contributed by atoms with van der Waals surface area (Å²) in [5, 5.41) is 62.5. The number of aliphatic hydroxyl groups excluding tert-OH is 2. The van der Waals surface area contributed by atoms with Gasteiger partial charge in [-0.3, -0.25) is 39.0 Å². The van der Waals surface area contributed by atoms with Crippen LogP contribution in [0.25, 0.3) is 0 Å². The lowest BCUT2D eigenvalue weighted by Gasteiger charge is -2.23. The van der Waals surface area contributed by atoms with E-state index < -0.39 is 110 Å². The van der Waals surface area contributed by atoms with Gasteiger partial charge in [0.25, 0.3) is 5.91 Å². The first-order valence-corrected chi connectivity index (χ1v) is 21.2. The number of benzene rings is 4. The van der Waals surface area contributed by atoms with Crippen molar-refractivity contribution in [3.63, 3.8) is 0 Å². The predicted molar refractivity (Wildman–Crippen MR) is 243 cm³/mol. The summed E-state index contributed by atoms with van der Waals surface area (Å²) in [7, 11) is 0. The van der Waals surface area contributed by atoms with Gasteiger partial charge in [-0.1, -0.05) is 84.9 Å². The first-order chi connectivity index (χ1) is 32.5. The molecule has 7 amide bonds. The van der Waals surface area contributed by atoms with E-state index in [2.05, 4.69) is 42.8 Å². The third-order valence-corrected chi connectivity index (χ3v) is 10.1. The van der Waals surface area contributed by atoms with Crippen molar-refractivity contribution in [1.82, 2.24) is 42.8 Å². The second-order valence-corrected chi connectivity index (χ2v) is 15.4. The van der Waals surface area contributed by atoms with Crippen LogP contribution in [0.1, 0.15) is 22.3 Å². The Balaban J connectivity index is 1.35. The fourth-order valence-corrected chi connectivity index (χ4v) is 6.42. The summed E-state index contributed by atoms with van der Waals surface area (Å²) in [5.41, 5.74) is 13.4. The molecule has 6 atom stereocenters. The van der Waals surface area contributed by atoms with E-state index >= 15 is 0 Å². The molecule has 22 heteroatoms. The van der Waals surface area contributed by atoms with Gasteiger partial charge in [0, 0.05) is 12.8 Å². The summed E-state index contributed by atoms with van der Waals surface area (Å²) in [6, 6.07) is 20.5. The van der Waals surface area contributed by atoms with E-state index in [1.807, 2.05) is 0 Å². The monoisotopic (exact) mass is 941 g/mol. The maximum absolute atomic E-state index is 13.7.